The maximum atomic E-state index is 11.1. The minimum atomic E-state index is -1.14. The number of nitrogens with zero attached hydrogens (tertiary/aromatic N) is 4. The molecule has 7 nitrogen and oxygen atoms in total. The Kier molecular flexibility index (Phi) is 4.87. The lowest BCUT2D eigenvalue weighted by atomic mass is 10.3. The van der Waals surface area contributed by atoms with Gasteiger partial charge in [0.05, 0.1) is 17.4 Å². The molecule has 0 fully saturated rings. The van der Waals surface area contributed by atoms with Crippen LogP contribution in [0.25, 0.3) is 0 Å². The smallest absolute Gasteiger partial charge is 0.409 e. The van der Waals surface area contributed by atoms with E-state index in [-0.39, 0.29) is 6.54 Å². The number of amides is 1. The van der Waals surface area contributed by atoms with Gasteiger partial charge in [-0.05, 0) is 18.2 Å². The highest BCUT2D eigenvalue weighted by molar-refractivity contribution is 6.35. The Morgan fingerprint density at radius 1 is 1.43 bits per heavy atom. The van der Waals surface area contributed by atoms with Crippen molar-refractivity contribution in [3.63, 3.8) is 0 Å². The number of benzene rings is 1. The molecule has 0 bridgehead atoms. The van der Waals surface area contributed by atoms with E-state index in [0.29, 0.717) is 15.8 Å². The van der Waals surface area contributed by atoms with Crippen LogP contribution in [0.15, 0.2) is 30.6 Å². The molecule has 1 heterocycles. The zero-order valence-electron chi connectivity index (χ0n) is 11.0. The maximum Gasteiger partial charge on any atom is 0.409 e. The summed E-state index contributed by atoms with van der Waals surface area (Å²) in [6.45, 7) is 0.120. The van der Waals surface area contributed by atoms with Crippen LogP contribution in [-0.2, 0) is 6.54 Å². The molecule has 0 saturated carbocycles. The summed E-state index contributed by atoms with van der Waals surface area (Å²) in [6, 6.07) is 4.69. The Hall–Kier alpha value is -1.99. The van der Waals surface area contributed by atoms with E-state index in [1.807, 2.05) is 0 Å². The number of ether oxygens (including phenoxy) is 1. The quantitative estimate of drug-likeness (QED) is 0.852. The molecule has 21 heavy (non-hydrogen) atoms. The second kappa shape index (κ2) is 6.64. The van der Waals surface area contributed by atoms with Crippen LogP contribution in [-0.4, -0.2) is 44.4 Å². The molecular formula is C12H12Cl2N4O3. The normalized spacial score (nSPS) is 12.0. The molecule has 0 aliphatic heterocycles. The van der Waals surface area contributed by atoms with Crippen LogP contribution in [0.1, 0.15) is 0 Å². The molecule has 1 unspecified atom stereocenters. The van der Waals surface area contributed by atoms with E-state index in [1.54, 1.807) is 12.1 Å². The van der Waals surface area contributed by atoms with Gasteiger partial charge in [0.25, 0.3) is 0 Å². The number of carbonyl (C=O) groups is 1. The van der Waals surface area contributed by atoms with E-state index in [2.05, 4.69) is 10.2 Å². The molecule has 9 heteroatoms. The first-order valence-electron chi connectivity index (χ1n) is 5.89. The highest BCUT2D eigenvalue weighted by atomic mass is 35.5. The highest BCUT2D eigenvalue weighted by Crippen LogP contribution is 2.28. The Labute approximate surface area is 130 Å². The van der Waals surface area contributed by atoms with Gasteiger partial charge in [0.2, 0.25) is 0 Å². The number of halogens is 2. The van der Waals surface area contributed by atoms with E-state index in [0.717, 1.165) is 4.90 Å². The molecule has 1 aromatic heterocycles. The summed E-state index contributed by atoms with van der Waals surface area (Å²) in [4.78, 5) is 13.5. The van der Waals surface area contributed by atoms with Crippen LogP contribution in [0.2, 0.25) is 10.0 Å². The van der Waals surface area contributed by atoms with E-state index in [9.17, 15) is 4.79 Å². The first kappa shape index (κ1) is 15.4. The summed E-state index contributed by atoms with van der Waals surface area (Å²) in [6.07, 6.45) is 1.01. The van der Waals surface area contributed by atoms with Gasteiger partial charge < -0.3 is 9.84 Å². The van der Waals surface area contributed by atoms with Gasteiger partial charge in [-0.2, -0.15) is 15.0 Å². The van der Waals surface area contributed by atoms with Gasteiger partial charge in [0, 0.05) is 12.1 Å². The van der Waals surface area contributed by atoms with Crippen molar-refractivity contribution in [3.05, 3.63) is 40.6 Å². The standard InChI is InChI=1S/C12H12Cl2N4O3/c1-17(12(19)20)11(7-18-15-4-5-16-18)21-10-3-2-8(13)6-9(10)14/h2-6,11H,7H2,1H3,(H,19,20). The maximum absolute atomic E-state index is 11.1. The molecule has 1 N–H and O–H groups in total. The van der Waals surface area contributed by atoms with E-state index >= 15 is 0 Å². The number of rotatable bonds is 5. The monoisotopic (exact) mass is 330 g/mol. The minimum Gasteiger partial charge on any atom is -0.467 e. The van der Waals surface area contributed by atoms with Gasteiger partial charge in [-0.25, -0.2) is 4.79 Å². The van der Waals surface area contributed by atoms with Crippen molar-refractivity contribution in [3.8, 4) is 5.75 Å². The topological polar surface area (TPSA) is 80.5 Å². The van der Waals surface area contributed by atoms with Crippen LogP contribution in [0.4, 0.5) is 4.79 Å². The van der Waals surface area contributed by atoms with Crippen molar-refractivity contribution in [1.82, 2.24) is 19.9 Å². The lowest BCUT2D eigenvalue weighted by molar-refractivity contribution is 0.0295. The third kappa shape index (κ3) is 3.99. The van der Waals surface area contributed by atoms with Crippen molar-refractivity contribution in [2.45, 2.75) is 12.8 Å². The van der Waals surface area contributed by atoms with E-state index in [1.165, 1.54) is 30.3 Å². The number of aromatic nitrogens is 3. The number of hydrogen-bond donors (Lipinski definition) is 1. The van der Waals surface area contributed by atoms with Gasteiger partial charge >= 0.3 is 6.09 Å². The van der Waals surface area contributed by atoms with Gasteiger partial charge in [-0.3, -0.25) is 4.90 Å². The zero-order chi connectivity index (χ0) is 15.4. The molecule has 0 saturated heterocycles. The third-order valence-corrected chi connectivity index (χ3v) is 3.21. The lowest BCUT2D eigenvalue weighted by Crippen LogP contribution is -2.43. The largest absolute Gasteiger partial charge is 0.467 e. The van der Waals surface area contributed by atoms with Crippen LogP contribution in [0.3, 0.4) is 0 Å². The molecule has 112 valence electrons. The van der Waals surface area contributed by atoms with Crippen LogP contribution < -0.4 is 4.74 Å². The van der Waals surface area contributed by atoms with Crippen molar-refractivity contribution >= 4 is 29.3 Å². The summed E-state index contributed by atoms with van der Waals surface area (Å²) in [7, 11) is 1.39. The Bertz CT molecular complexity index is 621. The molecule has 0 aliphatic carbocycles. The molecule has 1 amide bonds. The fourth-order valence-electron chi connectivity index (χ4n) is 1.56. The highest BCUT2D eigenvalue weighted by Gasteiger charge is 2.23. The molecular weight excluding hydrogens is 319 g/mol. The van der Waals surface area contributed by atoms with Crippen molar-refractivity contribution in [1.29, 1.82) is 0 Å². The van der Waals surface area contributed by atoms with Crippen LogP contribution in [0, 0.1) is 0 Å². The number of carboxylic acid groups (broad SMARTS) is 1. The summed E-state index contributed by atoms with van der Waals surface area (Å²) in [5, 5.41) is 17.7. The Morgan fingerprint density at radius 3 is 2.67 bits per heavy atom. The van der Waals surface area contributed by atoms with E-state index in [4.69, 9.17) is 33.0 Å². The molecule has 1 atom stereocenters. The minimum absolute atomic E-state index is 0.120. The Balaban J connectivity index is 2.20. The van der Waals surface area contributed by atoms with Crippen molar-refractivity contribution in [2.75, 3.05) is 7.05 Å². The van der Waals surface area contributed by atoms with Gasteiger partial charge in [0.15, 0.2) is 6.23 Å². The molecule has 1 aromatic carbocycles. The van der Waals surface area contributed by atoms with Gasteiger partial charge in [-0.15, -0.1) is 0 Å². The van der Waals surface area contributed by atoms with E-state index < -0.39 is 12.3 Å². The third-order valence-electron chi connectivity index (χ3n) is 2.68. The number of hydrogen-bond acceptors (Lipinski definition) is 4. The van der Waals surface area contributed by atoms with Crippen LogP contribution in [0.5, 0.6) is 5.75 Å². The van der Waals surface area contributed by atoms with Crippen molar-refractivity contribution in [2.24, 2.45) is 0 Å². The first-order valence-corrected chi connectivity index (χ1v) is 6.64. The zero-order valence-corrected chi connectivity index (χ0v) is 12.5. The fraction of sp³-hybridized carbons (Fsp3) is 0.250. The summed E-state index contributed by atoms with van der Waals surface area (Å²) < 4.78 is 5.65. The number of likely N-dealkylation sites (N-methyl/N-ethyl adjacent to an activating group) is 1. The Morgan fingerprint density at radius 2 is 2.10 bits per heavy atom. The molecule has 0 spiro atoms. The second-order valence-electron chi connectivity index (χ2n) is 4.12. The average Bonchev–Trinajstić information content (AvgIpc) is 2.92. The molecule has 2 rings (SSSR count). The molecule has 2 aromatic rings. The predicted molar refractivity (Wildman–Crippen MR) is 76.7 cm³/mol. The second-order valence-corrected chi connectivity index (χ2v) is 4.97. The van der Waals surface area contributed by atoms with Crippen LogP contribution >= 0.6 is 23.2 Å². The van der Waals surface area contributed by atoms with Gasteiger partial charge in [-0.1, -0.05) is 23.2 Å². The summed E-state index contributed by atoms with van der Waals surface area (Å²) in [5.74, 6) is 0.325. The summed E-state index contributed by atoms with van der Waals surface area (Å²) >= 11 is 11.8. The molecule has 0 radical (unpaired) electrons. The average molecular weight is 331 g/mol. The predicted octanol–water partition coefficient (Wildman–Crippen LogP) is 2.60. The van der Waals surface area contributed by atoms with Crippen molar-refractivity contribution < 1.29 is 14.6 Å². The lowest BCUT2D eigenvalue weighted by Gasteiger charge is -2.26. The molecule has 0 aliphatic rings. The summed E-state index contributed by atoms with van der Waals surface area (Å²) in [5.41, 5.74) is 0. The SMILES string of the molecule is CN(C(=O)O)C(Cn1nccn1)Oc1ccc(Cl)cc1Cl. The fourth-order valence-corrected chi connectivity index (χ4v) is 2.01. The van der Waals surface area contributed by atoms with Gasteiger partial charge in [0.1, 0.15) is 12.3 Å². The first-order chi connectivity index (χ1) is 9.97.